The SMILES string of the molecule is C1CCC(CSC2CCCNC2)C1. The first kappa shape index (κ1) is 9.85. The zero-order valence-corrected chi connectivity index (χ0v) is 9.24. The molecule has 2 heteroatoms. The first-order chi connectivity index (χ1) is 6.45. The summed E-state index contributed by atoms with van der Waals surface area (Å²) in [6, 6.07) is 0. The molecular formula is C11H21NS. The van der Waals surface area contributed by atoms with Crippen LogP contribution in [-0.4, -0.2) is 24.1 Å². The summed E-state index contributed by atoms with van der Waals surface area (Å²) < 4.78 is 0. The molecule has 2 fully saturated rings. The number of rotatable bonds is 3. The number of nitrogens with one attached hydrogen (secondary N) is 1. The predicted octanol–water partition coefficient (Wildman–Crippen LogP) is 2.66. The van der Waals surface area contributed by atoms with Gasteiger partial charge in [0.2, 0.25) is 0 Å². The van der Waals surface area contributed by atoms with E-state index in [9.17, 15) is 0 Å². The van der Waals surface area contributed by atoms with E-state index in [0.29, 0.717) is 0 Å². The Morgan fingerprint density at radius 2 is 1.92 bits per heavy atom. The molecule has 0 amide bonds. The van der Waals surface area contributed by atoms with Crippen LogP contribution < -0.4 is 5.32 Å². The largest absolute Gasteiger partial charge is 0.316 e. The molecule has 1 saturated heterocycles. The van der Waals surface area contributed by atoms with E-state index >= 15 is 0 Å². The normalized spacial score (nSPS) is 30.9. The van der Waals surface area contributed by atoms with Gasteiger partial charge in [-0.1, -0.05) is 12.8 Å². The van der Waals surface area contributed by atoms with Crippen LogP contribution in [0.2, 0.25) is 0 Å². The number of piperidine rings is 1. The molecule has 2 aliphatic rings. The molecule has 1 nitrogen and oxygen atoms in total. The summed E-state index contributed by atoms with van der Waals surface area (Å²) in [5.74, 6) is 2.50. The number of hydrogen-bond donors (Lipinski definition) is 1. The van der Waals surface area contributed by atoms with Gasteiger partial charge in [-0.25, -0.2) is 0 Å². The van der Waals surface area contributed by atoms with E-state index in [1.807, 2.05) is 0 Å². The average molecular weight is 199 g/mol. The van der Waals surface area contributed by atoms with Crippen molar-refractivity contribution in [3.05, 3.63) is 0 Å². The van der Waals surface area contributed by atoms with Gasteiger partial charge in [0, 0.05) is 11.8 Å². The van der Waals surface area contributed by atoms with E-state index in [1.54, 1.807) is 0 Å². The highest BCUT2D eigenvalue weighted by molar-refractivity contribution is 7.99. The minimum absolute atomic E-state index is 0.925. The molecule has 13 heavy (non-hydrogen) atoms. The summed E-state index contributed by atoms with van der Waals surface area (Å²) in [4.78, 5) is 0. The van der Waals surface area contributed by atoms with Crippen LogP contribution in [0.15, 0.2) is 0 Å². The summed E-state index contributed by atoms with van der Waals surface area (Å²) in [6.45, 7) is 2.51. The topological polar surface area (TPSA) is 12.0 Å². The van der Waals surface area contributed by atoms with Crippen molar-refractivity contribution in [2.75, 3.05) is 18.8 Å². The lowest BCUT2D eigenvalue weighted by Crippen LogP contribution is -2.32. The van der Waals surface area contributed by atoms with Crippen molar-refractivity contribution in [2.45, 2.75) is 43.8 Å². The molecule has 1 saturated carbocycles. The monoisotopic (exact) mass is 199 g/mol. The van der Waals surface area contributed by atoms with E-state index < -0.39 is 0 Å². The first-order valence-electron chi connectivity index (χ1n) is 5.77. The van der Waals surface area contributed by atoms with Gasteiger partial charge in [-0.05, 0) is 43.9 Å². The lowest BCUT2D eigenvalue weighted by atomic mass is 10.1. The van der Waals surface area contributed by atoms with Gasteiger partial charge < -0.3 is 5.32 Å². The lowest BCUT2D eigenvalue weighted by Gasteiger charge is -2.23. The Morgan fingerprint density at radius 1 is 1.08 bits per heavy atom. The molecule has 0 aromatic heterocycles. The highest BCUT2D eigenvalue weighted by Crippen LogP contribution is 2.30. The quantitative estimate of drug-likeness (QED) is 0.750. The van der Waals surface area contributed by atoms with Crippen LogP contribution in [0.25, 0.3) is 0 Å². The Bertz CT molecular complexity index is 137. The van der Waals surface area contributed by atoms with Crippen molar-refractivity contribution in [1.82, 2.24) is 5.32 Å². The van der Waals surface area contributed by atoms with Crippen LogP contribution >= 0.6 is 11.8 Å². The zero-order chi connectivity index (χ0) is 8.93. The molecule has 1 aliphatic heterocycles. The zero-order valence-electron chi connectivity index (χ0n) is 8.43. The summed E-state index contributed by atoms with van der Waals surface area (Å²) >= 11 is 2.23. The Balaban J connectivity index is 1.60. The standard InChI is InChI=1S/C11H21NS/c1-2-5-10(4-1)9-13-11-6-3-7-12-8-11/h10-12H,1-9H2. The van der Waals surface area contributed by atoms with E-state index in [0.717, 1.165) is 11.2 Å². The van der Waals surface area contributed by atoms with Gasteiger partial charge >= 0.3 is 0 Å². The fraction of sp³-hybridized carbons (Fsp3) is 1.00. The molecule has 1 atom stereocenters. The van der Waals surface area contributed by atoms with Gasteiger partial charge in [0.15, 0.2) is 0 Å². The summed E-state index contributed by atoms with van der Waals surface area (Å²) in [6.07, 6.45) is 8.84. The molecule has 0 aromatic rings. The van der Waals surface area contributed by atoms with E-state index in [-0.39, 0.29) is 0 Å². The molecule has 76 valence electrons. The Kier molecular flexibility index (Phi) is 3.98. The van der Waals surface area contributed by atoms with Gasteiger partial charge in [-0.2, -0.15) is 11.8 Å². The molecule has 0 aromatic carbocycles. The third-order valence-corrected chi connectivity index (χ3v) is 4.83. The van der Waals surface area contributed by atoms with Crippen LogP contribution in [0.3, 0.4) is 0 Å². The van der Waals surface area contributed by atoms with Gasteiger partial charge in [-0.15, -0.1) is 0 Å². The fourth-order valence-corrected chi connectivity index (χ4v) is 3.86. The second-order valence-electron chi connectivity index (χ2n) is 4.45. The van der Waals surface area contributed by atoms with Crippen molar-refractivity contribution in [3.8, 4) is 0 Å². The third kappa shape index (κ3) is 3.17. The number of hydrogen-bond acceptors (Lipinski definition) is 2. The maximum absolute atomic E-state index is 3.49. The molecule has 1 unspecified atom stereocenters. The van der Waals surface area contributed by atoms with Crippen molar-refractivity contribution in [2.24, 2.45) is 5.92 Å². The fourth-order valence-electron chi connectivity index (χ4n) is 2.41. The summed E-state index contributed by atoms with van der Waals surface area (Å²) in [5.41, 5.74) is 0. The molecule has 1 aliphatic carbocycles. The molecule has 0 bridgehead atoms. The minimum atomic E-state index is 0.925. The maximum atomic E-state index is 3.49. The molecule has 1 N–H and O–H groups in total. The van der Waals surface area contributed by atoms with Crippen molar-refractivity contribution in [3.63, 3.8) is 0 Å². The first-order valence-corrected chi connectivity index (χ1v) is 6.82. The van der Waals surface area contributed by atoms with Gasteiger partial charge in [0.1, 0.15) is 0 Å². The molecule has 0 spiro atoms. The average Bonchev–Trinajstić information content (AvgIpc) is 2.69. The Labute approximate surface area is 86.0 Å². The number of thioether (sulfide) groups is 1. The maximum Gasteiger partial charge on any atom is 0.0173 e. The van der Waals surface area contributed by atoms with Gasteiger partial charge in [0.05, 0.1) is 0 Å². The van der Waals surface area contributed by atoms with Crippen LogP contribution in [0.5, 0.6) is 0 Å². The lowest BCUT2D eigenvalue weighted by molar-refractivity contribution is 0.528. The second-order valence-corrected chi connectivity index (χ2v) is 5.79. The van der Waals surface area contributed by atoms with Crippen LogP contribution in [-0.2, 0) is 0 Å². The summed E-state index contributed by atoms with van der Waals surface area (Å²) in [5, 5.41) is 4.41. The van der Waals surface area contributed by atoms with Crippen LogP contribution in [0.1, 0.15) is 38.5 Å². The third-order valence-electron chi connectivity index (χ3n) is 3.29. The van der Waals surface area contributed by atoms with Crippen LogP contribution in [0.4, 0.5) is 0 Å². The molecule has 0 radical (unpaired) electrons. The van der Waals surface area contributed by atoms with Crippen LogP contribution in [0, 0.1) is 5.92 Å². The summed E-state index contributed by atoms with van der Waals surface area (Å²) in [7, 11) is 0. The van der Waals surface area contributed by atoms with Crippen molar-refractivity contribution >= 4 is 11.8 Å². The molecule has 2 rings (SSSR count). The Hall–Kier alpha value is 0.310. The van der Waals surface area contributed by atoms with E-state index in [2.05, 4.69) is 17.1 Å². The molecular weight excluding hydrogens is 178 g/mol. The van der Waals surface area contributed by atoms with Gasteiger partial charge in [0.25, 0.3) is 0 Å². The highest BCUT2D eigenvalue weighted by atomic mass is 32.2. The van der Waals surface area contributed by atoms with E-state index in [4.69, 9.17) is 0 Å². The second kappa shape index (κ2) is 5.26. The van der Waals surface area contributed by atoms with E-state index in [1.165, 1.54) is 57.4 Å². The smallest absolute Gasteiger partial charge is 0.0173 e. The Morgan fingerprint density at radius 3 is 2.62 bits per heavy atom. The highest BCUT2D eigenvalue weighted by Gasteiger charge is 2.18. The van der Waals surface area contributed by atoms with Crippen molar-refractivity contribution < 1.29 is 0 Å². The minimum Gasteiger partial charge on any atom is -0.316 e. The molecule has 1 heterocycles. The predicted molar refractivity (Wildman–Crippen MR) is 60.3 cm³/mol. The van der Waals surface area contributed by atoms with Crippen molar-refractivity contribution in [1.29, 1.82) is 0 Å². The van der Waals surface area contributed by atoms with Gasteiger partial charge in [-0.3, -0.25) is 0 Å².